The van der Waals surface area contributed by atoms with Crippen LogP contribution in [0.4, 0.5) is 20.4 Å². The van der Waals surface area contributed by atoms with Gasteiger partial charge >= 0.3 is 0 Å². The molecule has 0 aliphatic heterocycles. The van der Waals surface area contributed by atoms with Crippen molar-refractivity contribution in [2.24, 2.45) is 11.8 Å². The summed E-state index contributed by atoms with van der Waals surface area (Å²) in [6.07, 6.45) is 3.08. The Bertz CT molecular complexity index is 410. The zero-order chi connectivity index (χ0) is 14.4. The van der Waals surface area contributed by atoms with Crippen LogP contribution in [0.3, 0.4) is 0 Å². The van der Waals surface area contributed by atoms with Crippen LogP contribution in [0.25, 0.3) is 0 Å². The van der Waals surface area contributed by atoms with Crippen LogP contribution in [0.15, 0.2) is 6.07 Å². The third-order valence-electron chi connectivity index (χ3n) is 2.87. The van der Waals surface area contributed by atoms with Gasteiger partial charge in [0, 0.05) is 12.1 Å². The summed E-state index contributed by atoms with van der Waals surface area (Å²) in [6, 6.07) is 0.836. The third-order valence-corrected chi connectivity index (χ3v) is 2.87. The van der Waals surface area contributed by atoms with E-state index in [1.165, 1.54) is 0 Å². The molecule has 0 fully saturated rings. The lowest BCUT2D eigenvalue weighted by atomic mass is 10.0. The molecule has 108 valence electrons. The van der Waals surface area contributed by atoms with Crippen molar-refractivity contribution < 1.29 is 8.78 Å². The van der Waals surface area contributed by atoms with Crippen molar-refractivity contribution in [3.8, 4) is 0 Å². The average Bonchev–Trinajstić information content (AvgIpc) is 2.32. The van der Waals surface area contributed by atoms with Gasteiger partial charge in [0.1, 0.15) is 0 Å². The molecule has 1 aromatic rings. The van der Waals surface area contributed by atoms with Crippen LogP contribution in [-0.4, -0.2) is 11.0 Å². The Balaban J connectivity index is 2.60. The number of nitrogen functional groups attached to an aromatic ring is 1. The van der Waals surface area contributed by atoms with Gasteiger partial charge in [-0.05, 0) is 19.3 Å². The number of nitrogens with zero attached hydrogens (tertiary/aromatic N) is 1. The van der Waals surface area contributed by atoms with Gasteiger partial charge in [0.05, 0.1) is 0 Å². The maximum absolute atomic E-state index is 13.5. The predicted molar refractivity (Wildman–Crippen MR) is 73.7 cm³/mol. The van der Waals surface area contributed by atoms with E-state index in [-0.39, 0.29) is 17.7 Å². The second-order valence-electron chi connectivity index (χ2n) is 5.16. The first-order valence-electron chi connectivity index (χ1n) is 6.53. The topological polar surface area (TPSA) is 63.0 Å². The number of hydrogen-bond acceptors (Lipinski definition) is 4. The van der Waals surface area contributed by atoms with E-state index >= 15 is 0 Å². The summed E-state index contributed by atoms with van der Waals surface area (Å²) in [5.74, 6) is 4.09. The Morgan fingerprint density at radius 3 is 2.37 bits per heavy atom. The lowest BCUT2D eigenvalue weighted by Gasteiger charge is -2.16. The van der Waals surface area contributed by atoms with Crippen LogP contribution >= 0.6 is 0 Å². The summed E-state index contributed by atoms with van der Waals surface area (Å²) < 4.78 is 26.7. The number of hydrazine groups is 1. The van der Waals surface area contributed by atoms with Crippen molar-refractivity contribution in [1.82, 2.24) is 4.98 Å². The number of hydrogen-bond donors (Lipinski definition) is 3. The van der Waals surface area contributed by atoms with Crippen molar-refractivity contribution in [3.63, 3.8) is 0 Å². The van der Waals surface area contributed by atoms with Crippen molar-refractivity contribution in [2.75, 3.05) is 10.7 Å². The van der Waals surface area contributed by atoms with Crippen LogP contribution in [0, 0.1) is 17.6 Å². The number of pyridine rings is 1. The van der Waals surface area contributed by atoms with Gasteiger partial charge in [0.2, 0.25) is 0 Å². The number of anilines is 2. The summed E-state index contributed by atoms with van der Waals surface area (Å²) in [5.41, 5.74) is 2.10. The number of halogens is 2. The molecule has 4 N–H and O–H groups in total. The molecule has 0 amide bonds. The minimum Gasteiger partial charge on any atom is -0.365 e. The molecular formula is C13H22F2N4. The van der Waals surface area contributed by atoms with Crippen molar-refractivity contribution >= 4 is 11.6 Å². The number of nitrogens with two attached hydrogens (primary N) is 1. The van der Waals surface area contributed by atoms with Gasteiger partial charge in [0.15, 0.2) is 23.3 Å². The maximum atomic E-state index is 13.5. The highest BCUT2D eigenvalue weighted by Crippen LogP contribution is 2.20. The fourth-order valence-corrected chi connectivity index (χ4v) is 1.81. The van der Waals surface area contributed by atoms with Crippen LogP contribution in [0.1, 0.15) is 40.0 Å². The zero-order valence-electron chi connectivity index (χ0n) is 11.6. The van der Waals surface area contributed by atoms with E-state index in [1.807, 2.05) is 6.92 Å². The normalized spacial score (nSPS) is 12.6. The Hall–Kier alpha value is -1.43. The lowest BCUT2D eigenvalue weighted by molar-refractivity contribution is 0.517. The van der Waals surface area contributed by atoms with Gasteiger partial charge in [-0.25, -0.2) is 19.6 Å². The SMILES string of the molecule is CC(C)CCCC(C)Nc1nc(NN)c(F)cc1F. The van der Waals surface area contributed by atoms with Crippen LogP contribution in [0.2, 0.25) is 0 Å². The molecule has 4 nitrogen and oxygen atoms in total. The van der Waals surface area contributed by atoms with E-state index in [4.69, 9.17) is 5.84 Å². The predicted octanol–water partition coefficient (Wildman–Crippen LogP) is 3.27. The minimum atomic E-state index is -0.807. The van der Waals surface area contributed by atoms with Crippen LogP contribution in [0.5, 0.6) is 0 Å². The van der Waals surface area contributed by atoms with E-state index in [0.29, 0.717) is 5.92 Å². The van der Waals surface area contributed by atoms with Gasteiger partial charge in [0.25, 0.3) is 0 Å². The highest BCUT2D eigenvalue weighted by atomic mass is 19.1. The third kappa shape index (κ3) is 4.98. The molecule has 1 atom stereocenters. The van der Waals surface area contributed by atoms with Crippen molar-refractivity contribution in [3.05, 3.63) is 17.7 Å². The largest absolute Gasteiger partial charge is 0.365 e. The van der Waals surface area contributed by atoms with Crippen LogP contribution in [-0.2, 0) is 0 Å². The maximum Gasteiger partial charge on any atom is 0.178 e. The second kappa shape index (κ2) is 7.23. The molecule has 1 heterocycles. The number of aromatic nitrogens is 1. The molecule has 0 saturated heterocycles. The average molecular weight is 272 g/mol. The number of nitrogens with one attached hydrogen (secondary N) is 2. The molecule has 19 heavy (non-hydrogen) atoms. The van der Waals surface area contributed by atoms with Crippen LogP contribution < -0.4 is 16.6 Å². The molecule has 1 unspecified atom stereocenters. The summed E-state index contributed by atoms with van der Waals surface area (Å²) >= 11 is 0. The second-order valence-corrected chi connectivity index (χ2v) is 5.16. The van der Waals surface area contributed by atoms with Crippen molar-refractivity contribution in [1.29, 1.82) is 0 Å². The van der Waals surface area contributed by atoms with Gasteiger partial charge in [-0.1, -0.05) is 26.7 Å². The molecule has 1 aromatic heterocycles. The molecular weight excluding hydrogens is 250 g/mol. The highest BCUT2D eigenvalue weighted by molar-refractivity contribution is 5.47. The molecule has 0 bridgehead atoms. The molecule has 0 aliphatic carbocycles. The smallest absolute Gasteiger partial charge is 0.178 e. The van der Waals surface area contributed by atoms with Gasteiger partial charge in [-0.3, -0.25) is 0 Å². The van der Waals surface area contributed by atoms with E-state index in [9.17, 15) is 8.78 Å². The molecule has 6 heteroatoms. The standard InChI is InChI=1S/C13H22F2N4/c1-8(2)5-4-6-9(3)17-12-10(14)7-11(15)13(18-12)19-16/h7-9H,4-6,16H2,1-3H3,(H2,17,18,19). The molecule has 0 aliphatic rings. The zero-order valence-corrected chi connectivity index (χ0v) is 11.6. The summed E-state index contributed by atoms with van der Waals surface area (Å²) in [5, 5.41) is 2.94. The van der Waals surface area contributed by atoms with E-state index in [0.717, 1.165) is 25.3 Å². The Kier molecular flexibility index (Phi) is 5.95. The highest BCUT2D eigenvalue weighted by Gasteiger charge is 2.13. The summed E-state index contributed by atoms with van der Waals surface area (Å²) in [4.78, 5) is 3.78. The first-order chi connectivity index (χ1) is 8.93. The monoisotopic (exact) mass is 272 g/mol. The van der Waals surface area contributed by atoms with Gasteiger partial charge in [-0.2, -0.15) is 0 Å². The van der Waals surface area contributed by atoms with Crippen molar-refractivity contribution in [2.45, 2.75) is 46.1 Å². The fraction of sp³-hybridized carbons (Fsp3) is 0.615. The van der Waals surface area contributed by atoms with Gasteiger partial charge < -0.3 is 10.7 Å². The Morgan fingerprint density at radius 1 is 1.16 bits per heavy atom. The van der Waals surface area contributed by atoms with E-state index in [1.54, 1.807) is 0 Å². The fourth-order valence-electron chi connectivity index (χ4n) is 1.81. The quantitative estimate of drug-likeness (QED) is 0.526. The van der Waals surface area contributed by atoms with E-state index < -0.39 is 11.6 Å². The molecule has 0 radical (unpaired) electrons. The van der Waals surface area contributed by atoms with E-state index in [2.05, 4.69) is 29.6 Å². The minimum absolute atomic E-state index is 0.0198. The Morgan fingerprint density at radius 2 is 1.79 bits per heavy atom. The molecule has 0 spiro atoms. The molecule has 1 rings (SSSR count). The Labute approximate surface area is 112 Å². The molecule has 0 aromatic carbocycles. The first-order valence-corrected chi connectivity index (χ1v) is 6.53. The summed E-state index contributed by atoms with van der Waals surface area (Å²) in [6.45, 7) is 6.28. The first kappa shape index (κ1) is 15.6. The summed E-state index contributed by atoms with van der Waals surface area (Å²) in [7, 11) is 0. The van der Waals surface area contributed by atoms with Gasteiger partial charge in [-0.15, -0.1) is 0 Å². The number of rotatable bonds is 7. The molecule has 0 saturated carbocycles. The lowest BCUT2D eigenvalue weighted by Crippen LogP contribution is -2.19.